The molecule has 2 bridgehead atoms. The van der Waals surface area contributed by atoms with Gasteiger partial charge in [-0.05, 0) is 44.0 Å². The average molecular weight is 374 g/mol. The van der Waals surface area contributed by atoms with Gasteiger partial charge in [-0.3, -0.25) is 4.90 Å². The second-order valence-electron chi connectivity index (χ2n) is 8.01. The van der Waals surface area contributed by atoms with Gasteiger partial charge in [0.25, 0.3) is 0 Å². The van der Waals surface area contributed by atoms with Crippen molar-refractivity contribution in [3.8, 4) is 0 Å². The molecule has 3 heterocycles. The largest absolute Gasteiger partial charge is 0.365 e. The van der Waals surface area contributed by atoms with Crippen LogP contribution in [0.2, 0.25) is 0 Å². The molecule has 144 valence electrons. The first kappa shape index (κ1) is 17.4. The molecule has 0 saturated carbocycles. The van der Waals surface area contributed by atoms with E-state index in [0.717, 1.165) is 42.3 Å². The third-order valence-corrected chi connectivity index (χ3v) is 6.33. The third kappa shape index (κ3) is 3.31. The Morgan fingerprint density at radius 1 is 0.929 bits per heavy atom. The summed E-state index contributed by atoms with van der Waals surface area (Å²) in [5.74, 6) is 1.78. The van der Waals surface area contributed by atoms with Crippen LogP contribution in [0.3, 0.4) is 0 Å². The number of hydrogen-bond donors (Lipinski definition) is 1. The van der Waals surface area contributed by atoms with Crippen LogP contribution < -0.4 is 10.2 Å². The van der Waals surface area contributed by atoms with Gasteiger partial charge in [-0.25, -0.2) is 4.98 Å². The molecular formula is C23H27N5. The molecule has 0 aliphatic carbocycles. The fourth-order valence-electron chi connectivity index (χ4n) is 4.61. The number of anilines is 2. The van der Waals surface area contributed by atoms with E-state index in [9.17, 15) is 0 Å². The molecule has 3 aromatic rings. The molecule has 0 spiro atoms. The van der Waals surface area contributed by atoms with Gasteiger partial charge < -0.3 is 10.2 Å². The van der Waals surface area contributed by atoms with Gasteiger partial charge in [0.1, 0.15) is 5.82 Å². The molecule has 2 unspecified atom stereocenters. The van der Waals surface area contributed by atoms with Crippen molar-refractivity contribution in [1.82, 2.24) is 14.9 Å². The molecule has 1 aromatic heterocycles. The van der Waals surface area contributed by atoms with Crippen LogP contribution >= 0.6 is 0 Å². The van der Waals surface area contributed by atoms with E-state index in [2.05, 4.69) is 70.7 Å². The van der Waals surface area contributed by atoms with Crippen LogP contribution in [-0.2, 0) is 6.54 Å². The fraction of sp³-hybridized carbons (Fsp3) is 0.391. The van der Waals surface area contributed by atoms with E-state index in [1.165, 1.54) is 24.8 Å². The number of likely N-dealkylation sites (N-methyl/N-ethyl adjacent to an activating group) is 1. The van der Waals surface area contributed by atoms with Crippen molar-refractivity contribution < 1.29 is 0 Å². The lowest BCUT2D eigenvalue weighted by molar-refractivity contribution is 0.254. The Morgan fingerprint density at radius 2 is 1.71 bits per heavy atom. The molecular weight excluding hydrogens is 346 g/mol. The van der Waals surface area contributed by atoms with Crippen LogP contribution in [-0.4, -0.2) is 47.1 Å². The van der Waals surface area contributed by atoms with Gasteiger partial charge in [0.2, 0.25) is 5.95 Å². The first-order chi connectivity index (χ1) is 13.8. The zero-order valence-corrected chi connectivity index (χ0v) is 16.4. The number of nitrogens with zero attached hydrogens (tertiary/aromatic N) is 4. The highest BCUT2D eigenvalue weighted by Gasteiger charge is 2.35. The van der Waals surface area contributed by atoms with Crippen molar-refractivity contribution in [2.45, 2.75) is 37.9 Å². The predicted molar refractivity (Wildman–Crippen MR) is 115 cm³/mol. The second-order valence-corrected chi connectivity index (χ2v) is 8.01. The summed E-state index contributed by atoms with van der Waals surface area (Å²) < 4.78 is 0. The SMILES string of the molecule is CN1C2CCC1CN(c1nc(NCc3ccccc3)c3ccccc3n1)CC2. The minimum atomic E-state index is 0.614. The number of hydrogen-bond acceptors (Lipinski definition) is 5. The Kier molecular flexibility index (Phi) is 4.61. The average Bonchev–Trinajstić information content (AvgIpc) is 2.98. The van der Waals surface area contributed by atoms with Crippen molar-refractivity contribution in [2.24, 2.45) is 0 Å². The lowest BCUT2D eigenvalue weighted by Gasteiger charge is -2.26. The van der Waals surface area contributed by atoms with E-state index < -0.39 is 0 Å². The molecule has 5 nitrogen and oxygen atoms in total. The molecule has 2 aliphatic rings. The van der Waals surface area contributed by atoms with E-state index in [1.807, 2.05) is 6.07 Å². The molecule has 1 N–H and O–H groups in total. The van der Waals surface area contributed by atoms with Crippen molar-refractivity contribution in [1.29, 1.82) is 0 Å². The molecule has 2 aromatic carbocycles. The first-order valence-electron chi connectivity index (χ1n) is 10.3. The van der Waals surface area contributed by atoms with Crippen molar-refractivity contribution in [3.63, 3.8) is 0 Å². The van der Waals surface area contributed by atoms with E-state index in [0.29, 0.717) is 12.1 Å². The highest BCUT2D eigenvalue weighted by Crippen LogP contribution is 2.31. The van der Waals surface area contributed by atoms with Crippen LogP contribution in [0, 0.1) is 0 Å². The lowest BCUT2D eigenvalue weighted by Crippen LogP contribution is -2.37. The number of benzene rings is 2. The summed E-state index contributed by atoms with van der Waals surface area (Å²) in [5.41, 5.74) is 2.26. The molecule has 0 amide bonds. The highest BCUT2D eigenvalue weighted by atomic mass is 15.3. The molecule has 28 heavy (non-hydrogen) atoms. The monoisotopic (exact) mass is 373 g/mol. The summed E-state index contributed by atoms with van der Waals surface area (Å²) in [6.45, 7) is 2.81. The molecule has 2 saturated heterocycles. The summed E-state index contributed by atoms with van der Waals surface area (Å²) in [4.78, 5) is 14.9. The van der Waals surface area contributed by atoms with Gasteiger partial charge in [-0.15, -0.1) is 0 Å². The quantitative estimate of drug-likeness (QED) is 0.751. The highest BCUT2D eigenvalue weighted by molar-refractivity contribution is 5.90. The second kappa shape index (κ2) is 7.40. The number of para-hydroxylation sites is 1. The fourth-order valence-corrected chi connectivity index (χ4v) is 4.61. The van der Waals surface area contributed by atoms with Gasteiger partial charge in [0.15, 0.2) is 0 Å². The van der Waals surface area contributed by atoms with Gasteiger partial charge in [0, 0.05) is 37.1 Å². The van der Waals surface area contributed by atoms with E-state index in [4.69, 9.17) is 9.97 Å². The standard InChI is InChI=1S/C23H27N5/c1-27-18-11-12-19(27)16-28(14-13-18)23-25-21-10-6-5-9-20(21)22(26-23)24-15-17-7-3-2-4-8-17/h2-10,18-19H,11-16H2,1H3,(H,24,25,26). The van der Waals surface area contributed by atoms with Crippen LogP contribution in [0.25, 0.3) is 10.9 Å². The third-order valence-electron chi connectivity index (χ3n) is 6.33. The van der Waals surface area contributed by atoms with Gasteiger partial charge >= 0.3 is 0 Å². The van der Waals surface area contributed by atoms with Crippen molar-refractivity contribution in [3.05, 3.63) is 60.2 Å². The minimum Gasteiger partial charge on any atom is -0.365 e. The Morgan fingerprint density at radius 3 is 2.61 bits per heavy atom. The Balaban J connectivity index is 1.46. The smallest absolute Gasteiger partial charge is 0.227 e. The maximum Gasteiger partial charge on any atom is 0.227 e. The zero-order chi connectivity index (χ0) is 18.9. The normalized spacial score (nSPS) is 22.4. The number of fused-ring (bicyclic) bond motifs is 3. The summed E-state index contributed by atoms with van der Waals surface area (Å²) in [7, 11) is 2.28. The lowest BCUT2D eigenvalue weighted by atomic mass is 10.1. The van der Waals surface area contributed by atoms with Crippen molar-refractivity contribution >= 4 is 22.7 Å². The predicted octanol–water partition coefficient (Wildman–Crippen LogP) is 3.91. The van der Waals surface area contributed by atoms with E-state index in [1.54, 1.807) is 0 Å². The summed E-state index contributed by atoms with van der Waals surface area (Å²) >= 11 is 0. The first-order valence-corrected chi connectivity index (χ1v) is 10.3. The van der Waals surface area contributed by atoms with Crippen LogP contribution in [0.1, 0.15) is 24.8 Å². The molecule has 2 fully saturated rings. The Labute approximate surface area is 166 Å². The number of rotatable bonds is 4. The molecule has 5 rings (SSSR count). The summed E-state index contributed by atoms with van der Waals surface area (Å²) in [6.07, 6.45) is 3.80. The van der Waals surface area contributed by atoms with Crippen molar-refractivity contribution in [2.75, 3.05) is 30.4 Å². The number of nitrogens with one attached hydrogen (secondary N) is 1. The van der Waals surface area contributed by atoms with Crippen LogP contribution in [0.5, 0.6) is 0 Å². The molecule has 5 heteroatoms. The molecule has 2 atom stereocenters. The maximum atomic E-state index is 4.98. The Hall–Kier alpha value is -2.66. The van der Waals surface area contributed by atoms with Crippen LogP contribution in [0.4, 0.5) is 11.8 Å². The molecule has 2 aliphatic heterocycles. The van der Waals surface area contributed by atoms with E-state index in [-0.39, 0.29) is 0 Å². The van der Waals surface area contributed by atoms with Gasteiger partial charge in [-0.1, -0.05) is 42.5 Å². The van der Waals surface area contributed by atoms with Gasteiger partial charge in [-0.2, -0.15) is 4.98 Å². The maximum absolute atomic E-state index is 4.98. The van der Waals surface area contributed by atoms with E-state index >= 15 is 0 Å². The molecule has 0 radical (unpaired) electrons. The Bertz CT molecular complexity index is 958. The van der Waals surface area contributed by atoms with Crippen LogP contribution in [0.15, 0.2) is 54.6 Å². The van der Waals surface area contributed by atoms with Gasteiger partial charge in [0.05, 0.1) is 5.52 Å². The zero-order valence-electron chi connectivity index (χ0n) is 16.4. The minimum absolute atomic E-state index is 0.614. The summed E-state index contributed by atoms with van der Waals surface area (Å²) in [6, 6.07) is 20.1. The summed E-state index contributed by atoms with van der Waals surface area (Å²) in [5, 5.41) is 4.63. The number of aromatic nitrogens is 2. The topological polar surface area (TPSA) is 44.3 Å².